The third kappa shape index (κ3) is 11.2. The highest BCUT2D eigenvalue weighted by atomic mass is 35.5. The fraction of sp³-hybridized carbons (Fsp3) is 0.444. The quantitative estimate of drug-likeness (QED) is 0.0837. The molecule has 0 radical (unpaired) electrons. The van der Waals surface area contributed by atoms with Crippen molar-refractivity contribution < 1.29 is 19.7 Å². The molecule has 2 atom stereocenters. The predicted molar refractivity (Wildman–Crippen MR) is 198 cm³/mol. The smallest absolute Gasteiger partial charge is 0.222 e. The SMILES string of the molecule is Nc1ncc(Oc2ccc(Cl)cc2)c(NC2CCC(CCO)CC2)n1.Nc1ncc(Oc2ccc(Cl)cc2)c(NC2CCCCC2CCO)n1. The molecule has 12 nitrogen and oxygen atoms in total. The number of benzene rings is 2. The van der Waals surface area contributed by atoms with E-state index < -0.39 is 0 Å². The number of ether oxygens (including phenoxy) is 2. The normalized spacial score (nSPS) is 20.2. The van der Waals surface area contributed by atoms with Crippen molar-refractivity contribution in [3.05, 3.63) is 71.0 Å². The van der Waals surface area contributed by atoms with Crippen LogP contribution < -0.4 is 31.6 Å². The van der Waals surface area contributed by atoms with E-state index in [1.807, 2.05) is 0 Å². The van der Waals surface area contributed by atoms with Gasteiger partial charge in [-0.15, -0.1) is 0 Å². The average Bonchev–Trinajstić information content (AvgIpc) is 3.11. The summed E-state index contributed by atoms with van der Waals surface area (Å²) < 4.78 is 11.8. The second-order valence-electron chi connectivity index (χ2n) is 12.7. The fourth-order valence-corrected chi connectivity index (χ4v) is 6.69. The van der Waals surface area contributed by atoms with Crippen LogP contribution in [0.3, 0.4) is 0 Å². The Hall–Kier alpha value is -4.10. The van der Waals surface area contributed by atoms with E-state index in [1.54, 1.807) is 60.9 Å². The maximum absolute atomic E-state index is 9.31. The van der Waals surface area contributed by atoms with Gasteiger partial charge in [0.15, 0.2) is 23.1 Å². The van der Waals surface area contributed by atoms with Gasteiger partial charge >= 0.3 is 0 Å². The number of hydrogen-bond donors (Lipinski definition) is 6. The zero-order valence-electron chi connectivity index (χ0n) is 28.0. The highest BCUT2D eigenvalue weighted by Crippen LogP contribution is 2.35. The molecule has 2 aliphatic rings. The first-order valence-electron chi connectivity index (χ1n) is 17.2. The van der Waals surface area contributed by atoms with Crippen LogP contribution in [0.5, 0.6) is 23.0 Å². The molecule has 0 spiro atoms. The van der Waals surface area contributed by atoms with Gasteiger partial charge < -0.3 is 41.8 Å². The van der Waals surface area contributed by atoms with Crippen molar-refractivity contribution >= 4 is 46.7 Å². The Morgan fingerprint density at radius 1 is 0.660 bits per heavy atom. The fourth-order valence-electron chi connectivity index (χ4n) is 6.44. The molecular weight excluding hydrogens is 679 g/mol. The summed E-state index contributed by atoms with van der Waals surface area (Å²) in [6.45, 7) is 0.465. The van der Waals surface area contributed by atoms with Crippen LogP contribution in [0, 0.1) is 11.8 Å². The predicted octanol–water partition coefficient (Wildman–Crippen LogP) is 7.72. The number of halogens is 2. The maximum Gasteiger partial charge on any atom is 0.222 e. The molecular formula is C36H46Cl2N8O4. The largest absolute Gasteiger partial charge is 0.452 e. The van der Waals surface area contributed by atoms with Crippen LogP contribution in [-0.4, -0.2) is 55.4 Å². The second kappa shape index (κ2) is 18.8. The topological polar surface area (TPSA) is 187 Å². The Bertz CT molecular complexity index is 1620. The molecule has 2 fully saturated rings. The first-order chi connectivity index (χ1) is 24.3. The van der Waals surface area contributed by atoms with Gasteiger partial charge in [-0.25, -0.2) is 9.97 Å². The molecule has 2 aromatic heterocycles. The molecule has 268 valence electrons. The average molecular weight is 726 g/mol. The Morgan fingerprint density at radius 2 is 1.16 bits per heavy atom. The van der Waals surface area contributed by atoms with Crippen LogP contribution in [0.4, 0.5) is 23.5 Å². The van der Waals surface area contributed by atoms with E-state index in [1.165, 1.54) is 6.42 Å². The van der Waals surface area contributed by atoms with Gasteiger partial charge in [-0.2, -0.15) is 9.97 Å². The molecule has 6 rings (SSSR count). The van der Waals surface area contributed by atoms with Gasteiger partial charge in [0.05, 0.1) is 12.4 Å². The molecule has 2 saturated carbocycles. The first kappa shape index (κ1) is 37.2. The molecule has 8 N–H and O–H groups in total. The van der Waals surface area contributed by atoms with Crippen LogP contribution >= 0.6 is 23.2 Å². The number of aliphatic hydroxyl groups is 2. The second-order valence-corrected chi connectivity index (χ2v) is 13.5. The van der Waals surface area contributed by atoms with E-state index in [2.05, 4.69) is 30.6 Å². The summed E-state index contributed by atoms with van der Waals surface area (Å²) >= 11 is 11.8. The zero-order valence-corrected chi connectivity index (χ0v) is 29.5. The highest BCUT2D eigenvalue weighted by Gasteiger charge is 2.26. The minimum absolute atomic E-state index is 0.195. The number of nitrogens with zero attached hydrogens (tertiary/aromatic N) is 4. The molecule has 50 heavy (non-hydrogen) atoms. The van der Waals surface area contributed by atoms with Crippen molar-refractivity contribution in [2.24, 2.45) is 11.8 Å². The summed E-state index contributed by atoms with van der Waals surface area (Å²) in [5, 5.41) is 26.6. The summed E-state index contributed by atoms with van der Waals surface area (Å²) in [6, 6.07) is 14.8. The van der Waals surface area contributed by atoms with E-state index >= 15 is 0 Å². The van der Waals surface area contributed by atoms with Crippen LogP contribution in [0.15, 0.2) is 60.9 Å². The Kier molecular flexibility index (Phi) is 13.9. The van der Waals surface area contributed by atoms with Gasteiger partial charge in [-0.3, -0.25) is 0 Å². The molecule has 2 aliphatic carbocycles. The number of anilines is 4. The molecule has 4 aromatic rings. The van der Waals surface area contributed by atoms with Crippen molar-refractivity contribution in [2.45, 2.75) is 76.3 Å². The molecule has 0 saturated heterocycles. The third-order valence-electron chi connectivity index (χ3n) is 9.09. The monoisotopic (exact) mass is 724 g/mol. The molecule has 0 amide bonds. The van der Waals surface area contributed by atoms with Crippen LogP contribution in [-0.2, 0) is 0 Å². The maximum atomic E-state index is 9.31. The molecule has 2 aromatic carbocycles. The van der Waals surface area contributed by atoms with Gasteiger partial charge in [-0.1, -0.05) is 36.0 Å². The summed E-state index contributed by atoms with van der Waals surface area (Å²) in [6.07, 6.45) is 13.6. The Labute approximate surface area is 303 Å². The highest BCUT2D eigenvalue weighted by molar-refractivity contribution is 6.30. The third-order valence-corrected chi connectivity index (χ3v) is 9.59. The molecule has 14 heteroatoms. The minimum Gasteiger partial charge on any atom is -0.452 e. The van der Waals surface area contributed by atoms with Crippen molar-refractivity contribution in [1.29, 1.82) is 0 Å². The first-order valence-corrected chi connectivity index (χ1v) is 17.9. The van der Waals surface area contributed by atoms with Crippen LogP contribution in [0.2, 0.25) is 10.0 Å². The molecule has 2 heterocycles. The molecule has 2 unspecified atom stereocenters. The number of hydrogen-bond acceptors (Lipinski definition) is 12. The lowest BCUT2D eigenvalue weighted by Crippen LogP contribution is -2.33. The number of nitrogen functional groups attached to an aromatic ring is 2. The Morgan fingerprint density at radius 3 is 1.68 bits per heavy atom. The van der Waals surface area contributed by atoms with E-state index in [-0.39, 0.29) is 31.2 Å². The van der Waals surface area contributed by atoms with E-state index in [4.69, 9.17) is 49.2 Å². The van der Waals surface area contributed by atoms with Crippen molar-refractivity contribution in [3.8, 4) is 23.0 Å². The summed E-state index contributed by atoms with van der Waals surface area (Å²) in [5.74, 6) is 4.98. The van der Waals surface area contributed by atoms with E-state index in [9.17, 15) is 5.11 Å². The van der Waals surface area contributed by atoms with Gasteiger partial charge in [-0.05, 0) is 112 Å². The van der Waals surface area contributed by atoms with Crippen molar-refractivity contribution in [3.63, 3.8) is 0 Å². The molecule has 0 aliphatic heterocycles. The number of aromatic nitrogens is 4. The van der Waals surface area contributed by atoms with Gasteiger partial charge in [0.2, 0.25) is 11.9 Å². The standard InChI is InChI=1S/2C18H23ClN4O2/c19-13-3-7-15(8-4-13)25-16-11-21-18(20)23-17(16)22-14-5-1-12(2-6-14)9-10-24;19-13-5-7-14(8-6-13)25-16-11-21-18(20)23-17(16)22-15-4-2-1-3-12(15)9-10-24/h3-4,7-8,11-12,14,24H,1-2,5-6,9-10H2,(H3,20,21,22,23);5-8,11-12,15,24H,1-4,9-10H2,(H3,20,21,22,23). The van der Waals surface area contributed by atoms with Gasteiger partial charge in [0.1, 0.15) is 11.5 Å². The number of aliphatic hydroxyl groups excluding tert-OH is 2. The molecule has 0 bridgehead atoms. The van der Waals surface area contributed by atoms with Gasteiger partial charge in [0.25, 0.3) is 0 Å². The van der Waals surface area contributed by atoms with Gasteiger partial charge in [0, 0.05) is 35.3 Å². The lowest BCUT2D eigenvalue weighted by atomic mass is 9.82. The number of nitrogens with one attached hydrogen (secondary N) is 2. The lowest BCUT2D eigenvalue weighted by molar-refractivity contribution is 0.219. The minimum atomic E-state index is 0.195. The summed E-state index contributed by atoms with van der Waals surface area (Å²) in [4.78, 5) is 16.7. The van der Waals surface area contributed by atoms with Crippen LogP contribution in [0.25, 0.3) is 0 Å². The van der Waals surface area contributed by atoms with E-state index in [0.717, 1.165) is 57.8 Å². The summed E-state index contributed by atoms with van der Waals surface area (Å²) in [7, 11) is 0. The van der Waals surface area contributed by atoms with Crippen molar-refractivity contribution in [2.75, 3.05) is 35.3 Å². The lowest BCUT2D eigenvalue weighted by Gasteiger charge is -2.32. The van der Waals surface area contributed by atoms with E-state index in [0.29, 0.717) is 62.6 Å². The summed E-state index contributed by atoms with van der Waals surface area (Å²) in [5.41, 5.74) is 11.5. The number of rotatable bonds is 12. The van der Waals surface area contributed by atoms with Crippen molar-refractivity contribution in [1.82, 2.24) is 19.9 Å². The number of nitrogens with two attached hydrogens (primary N) is 2. The van der Waals surface area contributed by atoms with Crippen LogP contribution in [0.1, 0.15) is 64.2 Å². The Balaban J connectivity index is 0.000000194. The zero-order chi connectivity index (χ0) is 35.3.